The minimum atomic E-state index is -3.16. The van der Waals surface area contributed by atoms with Crippen LogP contribution in [-0.2, 0) is 19.6 Å². The van der Waals surface area contributed by atoms with Crippen molar-refractivity contribution in [3.05, 3.63) is 0 Å². The van der Waals surface area contributed by atoms with Crippen molar-refractivity contribution in [2.45, 2.75) is 37.8 Å². The molecule has 8 heteroatoms. The number of rotatable bonds is 6. The molecule has 7 nitrogen and oxygen atoms in total. The van der Waals surface area contributed by atoms with E-state index in [1.165, 1.54) is 17.1 Å². The normalized spacial score (nSPS) is 28.5. The molecule has 1 N–H and O–H groups in total. The number of hydrogen-bond acceptors (Lipinski definition) is 5. The molecule has 0 aromatic carbocycles. The topological polar surface area (TPSA) is 79.0 Å². The lowest BCUT2D eigenvalue weighted by molar-refractivity contribution is -0.185. The van der Waals surface area contributed by atoms with Gasteiger partial charge in [-0.25, -0.2) is 8.42 Å². The third-order valence-corrected chi connectivity index (χ3v) is 6.97. The second kappa shape index (κ2) is 6.31. The minimum Gasteiger partial charge on any atom is -0.369 e. The highest BCUT2D eigenvalue weighted by Gasteiger charge is 2.53. The molecule has 132 valence electrons. The molecule has 23 heavy (non-hydrogen) atoms. The quantitative estimate of drug-likeness (QED) is 0.711. The van der Waals surface area contributed by atoms with Crippen LogP contribution in [0, 0.1) is 5.92 Å². The molecule has 0 aromatic heterocycles. The Morgan fingerprint density at radius 3 is 2.57 bits per heavy atom. The maximum atomic E-state index is 12.1. The van der Waals surface area contributed by atoms with Crippen molar-refractivity contribution in [2.24, 2.45) is 5.92 Å². The summed E-state index contributed by atoms with van der Waals surface area (Å²) >= 11 is 0. The Labute approximate surface area is 138 Å². The van der Waals surface area contributed by atoms with E-state index in [0.29, 0.717) is 38.6 Å². The van der Waals surface area contributed by atoms with Gasteiger partial charge >= 0.3 is 0 Å². The smallest absolute Gasteiger partial charge is 0.239 e. The average molecular weight is 345 g/mol. The van der Waals surface area contributed by atoms with E-state index in [1.54, 1.807) is 7.05 Å². The van der Waals surface area contributed by atoms with Crippen LogP contribution in [0.4, 0.5) is 0 Å². The molecule has 0 bridgehead atoms. The molecule has 1 spiro atoms. The monoisotopic (exact) mass is 345 g/mol. The fourth-order valence-electron chi connectivity index (χ4n) is 3.49. The van der Waals surface area contributed by atoms with E-state index >= 15 is 0 Å². The van der Waals surface area contributed by atoms with Gasteiger partial charge in [0, 0.05) is 33.2 Å². The van der Waals surface area contributed by atoms with Crippen LogP contribution in [0.5, 0.6) is 0 Å². The van der Waals surface area contributed by atoms with E-state index in [2.05, 4.69) is 10.2 Å². The van der Waals surface area contributed by atoms with Crippen LogP contribution in [0.3, 0.4) is 0 Å². The number of morpholine rings is 1. The molecular formula is C15H27N3O4S. The van der Waals surface area contributed by atoms with Crippen LogP contribution in [-0.4, -0.2) is 80.8 Å². The van der Waals surface area contributed by atoms with Crippen molar-refractivity contribution in [3.63, 3.8) is 0 Å². The number of carbonyl (C=O) groups is 1. The zero-order chi connectivity index (χ0) is 16.7. The Hall–Kier alpha value is -0.700. The first-order chi connectivity index (χ1) is 10.9. The summed E-state index contributed by atoms with van der Waals surface area (Å²) in [4.78, 5) is 14.3. The summed E-state index contributed by atoms with van der Waals surface area (Å²) in [5.41, 5.74) is -0.430. The summed E-state index contributed by atoms with van der Waals surface area (Å²) in [6.07, 6.45) is 3.07. The SMILES string of the molecule is CCCS(=O)(=O)N1CC2(CN(CC3CC3)[C@@H](C(=O)NC)CO2)C1. The van der Waals surface area contributed by atoms with E-state index in [9.17, 15) is 13.2 Å². The number of likely N-dealkylation sites (N-methyl/N-ethyl adjacent to an activating group) is 1. The maximum Gasteiger partial charge on any atom is 0.239 e. The number of amides is 1. The Morgan fingerprint density at radius 2 is 2.00 bits per heavy atom. The van der Waals surface area contributed by atoms with Crippen LogP contribution < -0.4 is 5.32 Å². The van der Waals surface area contributed by atoms with Crippen LogP contribution >= 0.6 is 0 Å². The van der Waals surface area contributed by atoms with Gasteiger partial charge in [-0.3, -0.25) is 9.69 Å². The van der Waals surface area contributed by atoms with Gasteiger partial charge in [-0.2, -0.15) is 4.31 Å². The Kier molecular flexibility index (Phi) is 4.70. The van der Waals surface area contributed by atoms with E-state index in [-0.39, 0.29) is 17.7 Å². The molecule has 0 radical (unpaired) electrons. The molecule has 2 saturated heterocycles. The Morgan fingerprint density at radius 1 is 1.30 bits per heavy atom. The molecule has 0 unspecified atom stereocenters. The minimum absolute atomic E-state index is 0.0183. The first-order valence-electron chi connectivity index (χ1n) is 8.46. The van der Waals surface area contributed by atoms with Crippen LogP contribution in [0.15, 0.2) is 0 Å². The van der Waals surface area contributed by atoms with Gasteiger partial charge in [0.25, 0.3) is 0 Å². The number of nitrogens with zero attached hydrogens (tertiary/aromatic N) is 2. The molecule has 1 saturated carbocycles. The molecular weight excluding hydrogens is 318 g/mol. The lowest BCUT2D eigenvalue weighted by atomic mass is 9.92. The fraction of sp³-hybridized carbons (Fsp3) is 0.933. The summed E-state index contributed by atoms with van der Waals surface area (Å²) < 4.78 is 31.7. The third-order valence-electron chi connectivity index (χ3n) is 5.00. The molecule has 2 aliphatic heterocycles. The average Bonchev–Trinajstić information content (AvgIpc) is 3.27. The maximum absolute atomic E-state index is 12.1. The first-order valence-corrected chi connectivity index (χ1v) is 10.1. The Bertz CT molecular complexity index is 555. The third kappa shape index (κ3) is 3.55. The van der Waals surface area contributed by atoms with Crippen molar-refractivity contribution in [1.29, 1.82) is 0 Å². The second-order valence-corrected chi connectivity index (χ2v) is 9.17. The molecule has 3 rings (SSSR count). The van der Waals surface area contributed by atoms with E-state index in [4.69, 9.17) is 4.74 Å². The van der Waals surface area contributed by atoms with Gasteiger partial charge in [0.15, 0.2) is 0 Å². The standard InChI is InChI=1S/C15H27N3O4S/c1-3-6-23(20,21)18-10-15(11-18)9-17(7-12-4-5-12)13(8-22-15)14(19)16-2/h12-13H,3-11H2,1-2H3,(H,16,19)/t13-/m1/s1. The predicted molar refractivity (Wildman–Crippen MR) is 86.5 cm³/mol. The van der Waals surface area contributed by atoms with Crippen molar-refractivity contribution < 1.29 is 17.9 Å². The number of sulfonamides is 1. The summed E-state index contributed by atoms with van der Waals surface area (Å²) in [5.74, 6) is 0.850. The summed E-state index contributed by atoms with van der Waals surface area (Å²) in [7, 11) is -1.51. The van der Waals surface area contributed by atoms with E-state index in [1.807, 2.05) is 6.92 Å². The van der Waals surface area contributed by atoms with Crippen LogP contribution in [0.2, 0.25) is 0 Å². The number of ether oxygens (including phenoxy) is 1. The molecule has 0 aromatic rings. The van der Waals surface area contributed by atoms with Crippen molar-refractivity contribution in [2.75, 3.05) is 45.6 Å². The highest BCUT2D eigenvalue weighted by atomic mass is 32.2. The van der Waals surface area contributed by atoms with Crippen molar-refractivity contribution in [3.8, 4) is 0 Å². The van der Waals surface area contributed by atoms with Crippen molar-refractivity contribution >= 4 is 15.9 Å². The van der Waals surface area contributed by atoms with Gasteiger partial charge in [0.2, 0.25) is 15.9 Å². The molecule has 1 aliphatic carbocycles. The molecule has 1 atom stereocenters. The highest BCUT2D eigenvalue weighted by molar-refractivity contribution is 7.89. The van der Waals surface area contributed by atoms with Gasteiger partial charge in [0.1, 0.15) is 11.6 Å². The summed E-state index contributed by atoms with van der Waals surface area (Å²) in [6, 6.07) is -0.257. The lowest BCUT2D eigenvalue weighted by Crippen LogP contribution is -2.73. The number of carbonyl (C=O) groups excluding carboxylic acids is 1. The van der Waals surface area contributed by atoms with Gasteiger partial charge in [0.05, 0.1) is 12.4 Å². The molecule has 2 heterocycles. The fourth-order valence-corrected chi connectivity index (χ4v) is 5.13. The summed E-state index contributed by atoms with van der Waals surface area (Å²) in [6.45, 7) is 4.59. The van der Waals surface area contributed by atoms with Crippen LogP contribution in [0.1, 0.15) is 26.2 Å². The Balaban J connectivity index is 1.64. The molecule has 3 fully saturated rings. The van der Waals surface area contributed by atoms with Gasteiger partial charge < -0.3 is 10.1 Å². The summed E-state index contributed by atoms with van der Waals surface area (Å²) in [5, 5.41) is 2.70. The molecule has 1 amide bonds. The van der Waals surface area contributed by atoms with E-state index in [0.717, 1.165) is 6.54 Å². The predicted octanol–water partition coefficient (Wildman–Crippen LogP) is -0.363. The van der Waals surface area contributed by atoms with E-state index < -0.39 is 15.6 Å². The van der Waals surface area contributed by atoms with Crippen molar-refractivity contribution in [1.82, 2.24) is 14.5 Å². The largest absolute Gasteiger partial charge is 0.369 e. The lowest BCUT2D eigenvalue weighted by Gasteiger charge is -2.54. The zero-order valence-electron chi connectivity index (χ0n) is 14.0. The van der Waals surface area contributed by atoms with Gasteiger partial charge in [-0.1, -0.05) is 6.92 Å². The number of hydrogen-bond donors (Lipinski definition) is 1. The second-order valence-electron chi connectivity index (χ2n) is 7.08. The number of nitrogens with one attached hydrogen (secondary N) is 1. The zero-order valence-corrected chi connectivity index (χ0v) is 14.8. The highest BCUT2D eigenvalue weighted by Crippen LogP contribution is 2.36. The molecule has 3 aliphatic rings. The van der Waals surface area contributed by atoms with Crippen LogP contribution in [0.25, 0.3) is 0 Å². The first kappa shape index (κ1) is 17.1. The van der Waals surface area contributed by atoms with Gasteiger partial charge in [-0.15, -0.1) is 0 Å². The van der Waals surface area contributed by atoms with Gasteiger partial charge in [-0.05, 0) is 25.2 Å².